The fraction of sp³-hybridized carbons (Fsp3) is 0.550. The molecule has 0 amide bonds. The predicted molar refractivity (Wildman–Crippen MR) is 102 cm³/mol. The number of hydrogen-bond donors (Lipinski definition) is 1. The molecule has 1 spiro atoms. The first kappa shape index (κ1) is 18.3. The second-order valence-electron chi connectivity index (χ2n) is 7.62. The second-order valence-corrected chi connectivity index (χ2v) is 7.62. The summed E-state index contributed by atoms with van der Waals surface area (Å²) >= 11 is 0. The molecule has 0 bridgehead atoms. The van der Waals surface area contributed by atoms with E-state index in [-0.39, 0.29) is 5.60 Å². The van der Waals surface area contributed by atoms with E-state index in [2.05, 4.69) is 37.5 Å². The fourth-order valence-electron chi connectivity index (χ4n) is 3.89. The smallest absolute Gasteiger partial charge is 0.148 e. The van der Waals surface area contributed by atoms with Gasteiger partial charge in [0, 0.05) is 44.5 Å². The number of nitrogens with one attached hydrogen (secondary N) is 1. The van der Waals surface area contributed by atoms with Crippen molar-refractivity contribution in [3.63, 3.8) is 0 Å². The van der Waals surface area contributed by atoms with Crippen molar-refractivity contribution in [1.82, 2.24) is 20.1 Å². The van der Waals surface area contributed by atoms with Crippen LogP contribution in [0.2, 0.25) is 0 Å². The number of aromatic nitrogens is 3. The average Bonchev–Trinajstić information content (AvgIpc) is 2.97. The predicted octanol–water partition coefficient (Wildman–Crippen LogP) is 1.90. The van der Waals surface area contributed by atoms with E-state index in [4.69, 9.17) is 9.47 Å². The van der Waals surface area contributed by atoms with Gasteiger partial charge in [0.15, 0.2) is 0 Å². The third kappa shape index (κ3) is 4.80. The standard InChI is InChI=1S/C20H27N5O2/c1-16-2-3-19(24-23-16)22-11-18-10-20(27-13-18)14-25(8-9-26-15-20)12-17-4-6-21-7-5-17/h2-7,18H,8-15H2,1H3,(H,22,24)/t18-,20+/m1/s1. The normalized spacial score (nSPS) is 26.2. The first-order valence-corrected chi connectivity index (χ1v) is 9.58. The molecule has 2 aromatic rings. The zero-order valence-electron chi connectivity index (χ0n) is 15.8. The van der Waals surface area contributed by atoms with Crippen molar-refractivity contribution in [2.45, 2.75) is 25.5 Å². The Bertz CT molecular complexity index is 727. The van der Waals surface area contributed by atoms with Crippen LogP contribution in [-0.2, 0) is 16.0 Å². The summed E-state index contributed by atoms with van der Waals surface area (Å²) in [5.41, 5.74) is 1.99. The number of nitrogens with zero attached hydrogens (tertiary/aromatic N) is 4. The minimum atomic E-state index is -0.213. The molecular weight excluding hydrogens is 342 g/mol. The van der Waals surface area contributed by atoms with Crippen LogP contribution in [0, 0.1) is 12.8 Å². The highest BCUT2D eigenvalue weighted by Gasteiger charge is 2.43. The summed E-state index contributed by atoms with van der Waals surface area (Å²) in [5.74, 6) is 1.26. The molecule has 0 aliphatic carbocycles. The largest absolute Gasteiger partial charge is 0.377 e. The highest BCUT2D eigenvalue weighted by molar-refractivity contribution is 5.32. The van der Waals surface area contributed by atoms with Crippen LogP contribution in [-0.4, -0.2) is 65.1 Å². The Balaban J connectivity index is 1.34. The summed E-state index contributed by atoms with van der Waals surface area (Å²) in [5, 5.41) is 11.7. The highest BCUT2D eigenvalue weighted by atomic mass is 16.5. The van der Waals surface area contributed by atoms with Crippen LogP contribution < -0.4 is 5.32 Å². The van der Waals surface area contributed by atoms with Crippen molar-refractivity contribution in [3.8, 4) is 0 Å². The Labute approximate surface area is 160 Å². The van der Waals surface area contributed by atoms with Gasteiger partial charge in [0.05, 0.1) is 25.5 Å². The maximum Gasteiger partial charge on any atom is 0.148 e. The average molecular weight is 369 g/mol. The number of ether oxygens (including phenoxy) is 2. The molecule has 2 aliphatic heterocycles. The molecular formula is C20H27N5O2. The first-order valence-electron chi connectivity index (χ1n) is 9.58. The summed E-state index contributed by atoms with van der Waals surface area (Å²) in [6.45, 7) is 7.67. The van der Waals surface area contributed by atoms with E-state index < -0.39 is 0 Å². The molecule has 2 atom stereocenters. The Morgan fingerprint density at radius 2 is 2.11 bits per heavy atom. The van der Waals surface area contributed by atoms with E-state index in [0.717, 1.165) is 57.3 Å². The second kappa shape index (κ2) is 8.29. The molecule has 0 radical (unpaired) electrons. The van der Waals surface area contributed by atoms with Gasteiger partial charge in [-0.15, -0.1) is 5.10 Å². The van der Waals surface area contributed by atoms with Crippen molar-refractivity contribution in [2.75, 3.05) is 44.8 Å². The zero-order valence-corrected chi connectivity index (χ0v) is 15.8. The van der Waals surface area contributed by atoms with E-state index in [1.54, 1.807) is 0 Å². The van der Waals surface area contributed by atoms with Crippen molar-refractivity contribution in [3.05, 3.63) is 47.9 Å². The van der Waals surface area contributed by atoms with E-state index >= 15 is 0 Å². The number of hydrogen-bond acceptors (Lipinski definition) is 7. The molecule has 27 heavy (non-hydrogen) atoms. The molecule has 7 heteroatoms. The first-order chi connectivity index (χ1) is 13.2. The van der Waals surface area contributed by atoms with Gasteiger partial charge in [-0.2, -0.15) is 5.10 Å². The monoisotopic (exact) mass is 369 g/mol. The van der Waals surface area contributed by atoms with Gasteiger partial charge in [0.1, 0.15) is 11.4 Å². The molecule has 2 fully saturated rings. The van der Waals surface area contributed by atoms with Crippen LogP contribution in [0.5, 0.6) is 0 Å². The number of aryl methyl sites for hydroxylation is 1. The van der Waals surface area contributed by atoms with Crippen LogP contribution in [0.4, 0.5) is 5.82 Å². The summed E-state index contributed by atoms with van der Waals surface area (Å²) in [6, 6.07) is 8.09. The summed E-state index contributed by atoms with van der Waals surface area (Å²) in [7, 11) is 0. The molecule has 4 rings (SSSR count). The lowest BCUT2D eigenvalue weighted by Gasteiger charge is -2.31. The van der Waals surface area contributed by atoms with Gasteiger partial charge >= 0.3 is 0 Å². The van der Waals surface area contributed by atoms with Gasteiger partial charge in [-0.25, -0.2) is 0 Å². The molecule has 4 heterocycles. The maximum absolute atomic E-state index is 6.29. The summed E-state index contributed by atoms with van der Waals surface area (Å²) in [4.78, 5) is 6.54. The molecule has 7 nitrogen and oxygen atoms in total. The molecule has 1 N–H and O–H groups in total. The van der Waals surface area contributed by atoms with E-state index in [1.807, 2.05) is 31.5 Å². The minimum Gasteiger partial charge on any atom is -0.377 e. The third-order valence-corrected chi connectivity index (χ3v) is 5.24. The maximum atomic E-state index is 6.29. The van der Waals surface area contributed by atoms with E-state index in [0.29, 0.717) is 12.5 Å². The van der Waals surface area contributed by atoms with Gasteiger partial charge in [-0.05, 0) is 43.2 Å². The zero-order chi connectivity index (χ0) is 18.5. The lowest BCUT2D eigenvalue weighted by Crippen LogP contribution is -2.43. The molecule has 0 unspecified atom stereocenters. The molecule has 0 aromatic carbocycles. The van der Waals surface area contributed by atoms with Crippen LogP contribution in [0.15, 0.2) is 36.7 Å². The van der Waals surface area contributed by atoms with E-state index in [9.17, 15) is 0 Å². The minimum absolute atomic E-state index is 0.213. The lowest BCUT2D eigenvalue weighted by molar-refractivity contribution is -0.0562. The quantitative estimate of drug-likeness (QED) is 0.863. The SMILES string of the molecule is Cc1ccc(NC[C@@H]2CO[C@@]3(COCCN(Cc4ccncc4)C3)C2)nn1. The Hall–Kier alpha value is -2.09. The Morgan fingerprint density at radius 3 is 2.93 bits per heavy atom. The molecule has 2 aromatic heterocycles. The van der Waals surface area contributed by atoms with Crippen LogP contribution in [0.1, 0.15) is 17.7 Å². The van der Waals surface area contributed by atoms with Gasteiger partial charge in [0.25, 0.3) is 0 Å². The van der Waals surface area contributed by atoms with Crippen LogP contribution >= 0.6 is 0 Å². The van der Waals surface area contributed by atoms with Crippen molar-refractivity contribution in [2.24, 2.45) is 5.92 Å². The highest BCUT2D eigenvalue weighted by Crippen LogP contribution is 2.33. The van der Waals surface area contributed by atoms with Gasteiger partial charge in [-0.1, -0.05) is 0 Å². The van der Waals surface area contributed by atoms with Crippen LogP contribution in [0.3, 0.4) is 0 Å². The Morgan fingerprint density at radius 1 is 1.22 bits per heavy atom. The Kier molecular flexibility index (Phi) is 5.61. The fourth-order valence-corrected chi connectivity index (χ4v) is 3.89. The molecule has 144 valence electrons. The molecule has 2 aliphatic rings. The third-order valence-electron chi connectivity index (χ3n) is 5.24. The van der Waals surface area contributed by atoms with Gasteiger partial charge < -0.3 is 14.8 Å². The number of anilines is 1. The van der Waals surface area contributed by atoms with Gasteiger partial charge in [0.2, 0.25) is 0 Å². The van der Waals surface area contributed by atoms with E-state index in [1.165, 1.54) is 5.56 Å². The summed E-state index contributed by atoms with van der Waals surface area (Å²) < 4.78 is 12.2. The van der Waals surface area contributed by atoms with Crippen LogP contribution in [0.25, 0.3) is 0 Å². The topological polar surface area (TPSA) is 72.4 Å². The van der Waals surface area contributed by atoms with Crippen molar-refractivity contribution < 1.29 is 9.47 Å². The number of rotatable bonds is 5. The summed E-state index contributed by atoms with van der Waals surface area (Å²) in [6.07, 6.45) is 4.69. The van der Waals surface area contributed by atoms with Crippen molar-refractivity contribution in [1.29, 1.82) is 0 Å². The molecule has 0 saturated carbocycles. The van der Waals surface area contributed by atoms with Crippen molar-refractivity contribution >= 4 is 5.82 Å². The lowest BCUT2D eigenvalue weighted by atomic mass is 9.94. The molecule has 2 saturated heterocycles. The van der Waals surface area contributed by atoms with Gasteiger partial charge in [-0.3, -0.25) is 9.88 Å². The number of pyridine rings is 1.